The molecule has 1 atom stereocenters. The lowest BCUT2D eigenvalue weighted by Crippen LogP contribution is -2.48. The number of hydrazine groups is 1. The molecule has 1 fully saturated rings. The normalized spacial score (nSPS) is 20.1. The smallest absolute Gasteiger partial charge is 0.214 e. The van der Waals surface area contributed by atoms with Crippen LogP contribution in [-0.4, -0.2) is 36.2 Å². The topological polar surface area (TPSA) is 49.4 Å². The number of Topliss-reactive ketones (excluding diaryl/α,β-unsaturated/α-hetero) is 1. The van der Waals surface area contributed by atoms with Crippen molar-refractivity contribution >= 4 is 12.1 Å². The molecule has 0 saturated carbocycles. The van der Waals surface area contributed by atoms with Gasteiger partial charge in [0.15, 0.2) is 6.29 Å². The van der Waals surface area contributed by atoms with Crippen molar-refractivity contribution in [1.82, 2.24) is 10.4 Å². The zero-order valence-corrected chi connectivity index (χ0v) is 13.4. The summed E-state index contributed by atoms with van der Waals surface area (Å²) in [6.45, 7) is 8.93. The summed E-state index contributed by atoms with van der Waals surface area (Å²) < 4.78 is 0. The van der Waals surface area contributed by atoms with Gasteiger partial charge >= 0.3 is 0 Å². The Morgan fingerprint density at radius 3 is 2.48 bits per heavy atom. The van der Waals surface area contributed by atoms with E-state index in [9.17, 15) is 9.59 Å². The highest BCUT2D eigenvalue weighted by Gasteiger charge is 2.49. The van der Waals surface area contributed by atoms with Crippen molar-refractivity contribution in [3.05, 3.63) is 61.2 Å². The summed E-state index contributed by atoms with van der Waals surface area (Å²) in [5.41, 5.74) is 4.17. The number of ketones is 1. The van der Waals surface area contributed by atoms with Gasteiger partial charge in [0, 0.05) is 18.5 Å². The van der Waals surface area contributed by atoms with Gasteiger partial charge in [0.2, 0.25) is 5.78 Å². The first-order valence-electron chi connectivity index (χ1n) is 7.92. The third-order valence-corrected chi connectivity index (χ3v) is 4.50. The molecule has 4 heteroatoms. The van der Waals surface area contributed by atoms with E-state index in [4.69, 9.17) is 0 Å². The zero-order valence-electron chi connectivity index (χ0n) is 13.4. The largest absolute Gasteiger partial charge is 0.295 e. The van der Waals surface area contributed by atoms with Crippen LogP contribution in [0.4, 0.5) is 0 Å². The third-order valence-electron chi connectivity index (χ3n) is 4.50. The van der Waals surface area contributed by atoms with E-state index in [2.05, 4.69) is 30.7 Å². The van der Waals surface area contributed by atoms with Crippen LogP contribution in [0.25, 0.3) is 0 Å². The van der Waals surface area contributed by atoms with Crippen LogP contribution in [0.1, 0.15) is 18.4 Å². The molecule has 1 aliphatic heterocycles. The Kier molecular flexibility index (Phi) is 6.02. The molecule has 0 amide bonds. The summed E-state index contributed by atoms with van der Waals surface area (Å²) in [6.07, 6.45) is 6.22. The molecule has 0 spiro atoms. The zero-order chi connectivity index (χ0) is 16.7. The molecule has 0 bridgehead atoms. The lowest BCUT2D eigenvalue weighted by atomic mass is 9.74. The number of benzene rings is 1. The number of hydrogen-bond donors (Lipinski definition) is 1. The van der Waals surface area contributed by atoms with Crippen LogP contribution in [0.2, 0.25) is 0 Å². The van der Waals surface area contributed by atoms with Crippen molar-refractivity contribution in [3.8, 4) is 0 Å². The first-order chi connectivity index (χ1) is 11.2. The van der Waals surface area contributed by atoms with Crippen molar-refractivity contribution in [2.75, 3.05) is 13.1 Å². The Labute approximate surface area is 137 Å². The maximum Gasteiger partial charge on any atom is 0.214 e. The number of rotatable bonds is 9. The molecule has 1 unspecified atom stereocenters. The van der Waals surface area contributed by atoms with E-state index < -0.39 is 6.04 Å². The predicted octanol–water partition coefficient (Wildman–Crippen LogP) is 2.32. The van der Waals surface area contributed by atoms with E-state index in [1.54, 1.807) is 0 Å². The van der Waals surface area contributed by atoms with Gasteiger partial charge in [-0.05, 0) is 24.8 Å². The van der Waals surface area contributed by atoms with E-state index in [1.165, 1.54) is 5.56 Å². The number of nitrogens with one attached hydrogen (secondary N) is 1. The highest BCUT2D eigenvalue weighted by molar-refractivity contribution is 6.27. The van der Waals surface area contributed by atoms with E-state index in [0.717, 1.165) is 6.42 Å². The number of allylic oxidation sites excluding steroid dienone is 2. The standard InChI is InChI=1S/C19H24N2O2/c1-3-11-19(12-4-2)15-20-21(18(19)17(23)14-22)13-10-16-8-6-5-7-9-16/h3-9,14,18,20H,1-2,10-13,15H2. The summed E-state index contributed by atoms with van der Waals surface area (Å²) in [7, 11) is 0. The maximum absolute atomic E-state index is 12.3. The van der Waals surface area contributed by atoms with Gasteiger partial charge in [0.05, 0.1) is 6.04 Å². The van der Waals surface area contributed by atoms with Crippen LogP contribution >= 0.6 is 0 Å². The van der Waals surface area contributed by atoms with E-state index in [1.807, 2.05) is 35.4 Å². The van der Waals surface area contributed by atoms with Crippen molar-refractivity contribution in [1.29, 1.82) is 0 Å². The number of nitrogens with zero attached hydrogens (tertiary/aromatic N) is 1. The molecular weight excluding hydrogens is 288 g/mol. The molecule has 0 aromatic heterocycles. The molecule has 0 radical (unpaired) electrons. The SMILES string of the molecule is C=CCC1(CC=C)CNN(CCc2ccccc2)C1C(=O)C=O. The van der Waals surface area contributed by atoms with Gasteiger partial charge < -0.3 is 0 Å². The van der Waals surface area contributed by atoms with Gasteiger partial charge in [-0.15, -0.1) is 13.2 Å². The molecule has 4 nitrogen and oxygen atoms in total. The number of carbonyl (C=O) groups excluding carboxylic acids is 2. The van der Waals surface area contributed by atoms with E-state index in [0.29, 0.717) is 32.2 Å². The molecule has 1 aromatic carbocycles. The van der Waals surface area contributed by atoms with Gasteiger partial charge in [-0.25, -0.2) is 5.01 Å². The lowest BCUT2D eigenvalue weighted by molar-refractivity contribution is -0.135. The predicted molar refractivity (Wildman–Crippen MR) is 91.8 cm³/mol. The second kappa shape index (κ2) is 7.99. The maximum atomic E-state index is 12.3. The number of hydrogen-bond acceptors (Lipinski definition) is 4. The quantitative estimate of drug-likeness (QED) is 0.432. The van der Waals surface area contributed by atoms with Crippen LogP contribution in [0, 0.1) is 5.41 Å². The van der Waals surface area contributed by atoms with Crippen LogP contribution in [-0.2, 0) is 16.0 Å². The van der Waals surface area contributed by atoms with Crippen LogP contribution in [0.3, 0.4) is 0 Å². The minimum absolute atomic E-state index is 0.349. The molecule has 1 saturated heterocycles. The van der Waals surface area contributed by atoms with Crippen molar-refractivity contribution in [2.24, 2.45) is 5.41 Å². The number of carbonyl (C=O) groups is 2. The average molecular weight is 312 g/mol. The Bertz CT molecular complexity index is 558. The van der Waals surface area contributed by atoms with E-state index >= 15 is 0 Å². The molecule has 0 aliphatic carbocycles. The van der Waals surface area contributed by atoms with Gasteiger partial charge in [0.25, 0.3) is 0 Å². The van der Waals surface area contributed by atoms with Crippen LogP contribution < -0.4 is 5.43 Å². The van der Waals surface area contributed by atoms with Crippen LogP contribution in [0.5, 0.6) is 0 Å². The second-order valence-electron chi connectivity index (χ2n) is 6.03. The summed E-state index contributed by atoms with van der Waals surface area (Å²) in [5, 5.41) is 1.91. The van der Waals surface area contributed by atoms with E-state index in [-0.39, 0.29) is 11.2 Å². The first kappa shape index (κ1) is 17.3. The second-order valence-corrected chi connectivity index (χ2v) is 6.03. The minimum atomic E-state index is -0.472. The summed E-state index contributed by atoms with van der Waals surface area (Å²) in [5.74, 6) is -0.383. The lowest BCUT2D eigenvalue weighted by Gasteiger charge is -2.33. The molecule has 1 aliphatic rings. The Morgan fingerprint density at radius 2 is 1.91 bits per heavy atom. The molecule has 1 aromatic rings. The minimum Gasteiger partial charge on any atom is -0.295 e. The monoisotopic (exact) mass is 312 g/mol. The fourth-order valence-electron chi connectivity index (χ4n) is 3.43. The fourth-order valence-corrected chi connectivity index (χ4v) is 3.43. The Hall–Kier alpha value is -2.04. The van der Waals surface area contributed by atoms with Gasteiger partial charge in [0.1, 0.15) is 0 Å². The highest BCUT2D eigenvalue weighted by atomic mass is 16.2. The Morgan fingerprint density at radius 1 is 1.26 bits per heavy atom. The van der Waals surface area contributed by atoms with Gasteiger partial charge in [-0.3, -0.25) is 15.0 Å². The molecule has 2 rings (SSSR count). The van der Waals surface area contributed by atoms with Crippen molar-refractivity contribution in [2.45, 2.75) is 25.3 Å². The third kappa shape index (κ3) is 3.84. The first-order valence-corrected chi connectivity index (χ1v) is 7.92. The van der Waals surface area contributed by atoms with Gasteiger partial charge in [-0.1, -0.05) is 42.5 Å². The summed E-state index contributed by atoms with van der Waals surface area (Å²) in [6, 6.07) is 9.64. The fraction of sp³-hybridized carbons (Fsp3) is 0.368. The average Bonchev–Trinajstić information content (AvgIpc) is 2.92. The number of aldehydes is 1. The molecule has 122 valence electrons. The highest BCUT2D eigenvalue weighted by Crippen LogP contribution is 2.38. The Balaban J connectivity index is 2.18. The van der Waals surface area contributed by atoms with Crippen molar-refractivity contribution in [3.63, 3.8) is 0 Å². The van der Waals surface area contributed by atoms with Crippen molar-refractivity contribution < 1.29 is 9.59 Å². The summed E-state index contributed by atoms with van der Waals surface area (Å²) >= 11 is 0. The molecule has 1 heterocycles. The van der Waals surface area contributed by atoms with Gasteiger partial charge in [-0.2, -0.15) is 0 Å². The molecule has 23 heavy (non-hydrogen) atoms. The molecular formula is C19H24N2O2. The van der Waals surface area contributed by atoms with Crippen LogP contribution in [0.15, 0.2) is 55.6 Å². The summed E-state index contributed by atoms with van der Waals surface area (Å²) in [4.78, 5) is 23.4. The molecule has 1 N–H and O–H groups in total.